The Morgan fingerprint density at radius 1 is 0.571 bits per heavy atom. The fraction of sp³-hybridized carbons (Fsp3) is 0.0667. The van der Waals surface area contributed by atoms with E-state index in [1.54, 1.807) is 0 Å². The molecular formula is C30H25FN4. The summed E-state index contributed by atoms with van der Waals surface area (Å²) >= 11 is 0. The zero-order valence-corrected chi connectivity index (χ0v) is 19.6. The quantitative estimate of drug-likeness (QED) is 0.269. The van der Waals surface area contributed by atoms with Gasteiger partial charge in [-0.2, -0.15) is 4.98 Å². The molecule has 0 saturated carbocycles. The SMILES string of the molecule is Cc1ccccc1-c1ccccc1Nc1ncc(F)c(Nc2ccccc2-c2ccccc2C)n1. The summed E-state index contributed by atoms with van der Waals surface area (Å²) < 4.78 is 14.8. The molecule has 172 valence electrons. The molecule has 0 aliphatic rings. The van der Waals surface area contributed by atoms with Gasteiger partial charge in [-0.05, 0) is 48.2 Å². The molecule has 1 heterocycles. The van der Waals surface area contributed by atoms with Crippen LogP contribution in [0.1, 0.15) is 11.1 Å². The van der Waals surface area contributed by atoms with E-state index >= 15 is 0 Å². The summed E-state index contributed by atoms with van der Waals surface area (Å²) in [7, 11) is 0. The average molecular weight is 461 g/mol. The molecule has 4 aromatic carbocycles. The van der Waals surface area contributed by atoms with Gasteiger partial charge >= 0.3 is 0 Å². The Kier molecular flexibility index (Phi) is 6.22. The van der Waals surface area contributed by atoms with Crippen LogP contribution in [0.3, 0.4) is 0 Å². The Labute approximate surface area is 204 Å². The van der Waals surface area contributed by atoms with Gasteiger partial charge in [0.1, 0.15) is 0 Å². The molecule has 1 aromatic heterocycles. The molecular weight excluding hydrogens is 435 g/mol. The highest BCUT2D eigenvalue weighted by Crippen LogP contribution is 2.34. The van der Waals surface area contributed by atoms with E-state index in [0.29, 0.717) is 5.95 Å². The molecule has 35 heavy (non-hydrogen) atoms. The van der Waals surface area contributed by atoms with Crippen LogP contribution >= 0.6 is 0 Å². The van der Waals surface area contributed by atoms with Gasteiger partial charge in [0.05, 0.1) is 6.20 Å². The van der Waals surface area contributed by atoms with Crippen molar-refractivity contribution in [2.45, 2.75) is 13.8 Å². The predicted octanol–water partition coefficient (Wildman–Crippen LogP) is 8.05. The van der Waals surface area contributed by atoms with Crippen molar-refractivity contribution in [3.63, 3.8) is 0 Å². The van der Waals surface area contributed by atoms with Crippen molar-refractivity contribution in [1.29, 1.82) is 0 Å². The Bertz CT molecular complexity index is 1500. The van der Waals surface area contributed by atoms with Crippen LogP contribution in [0, 0.1) is 19.7 Å². The third-order valence-corrected chi connectivity index (χ3v) is 5.97. The number of hydrogen-bond acceptors (Lipinski definition) is 4. The van der Waals surface area contributed by atoms with Crippen molar-refractivity contribution in [3.8, 4) is 22.3 Å². The second-order valence-electron chi connectivity index (χ2n) is 8.36. The van der Waals surface area contributed by atoms with E-state index in [0.717, 1.165) is 44.8 Å². The van der Waals surface area contributed by atoms with Crippen LogP contribution < -0.4 is 10.6 Å². The number of para-hydroxylation sites is 2. The van der Waals surface area contributed by atoms with Gasteiger partial charge in [0.2, 0.25) is 5.95 Å². The Hall–Kier alpha value is -4.51. The van der Waals surface area contributed by atoms with Gasteiger partial charge in [0.15, 0.2) is 11.6 Å². The largest absolute Gasteiger partial charge is 0.337 e. The molecule has 2 N–H and O–H groups in total. The second kappa shape index (κ2) is 9.77. The lowest BCUT2D eigenvalue weighted by molar-refractivity contribution is 0.619. The molecule has 0 atom stereocenters. The molecule has 4 nitrogen and oxygen atoms in total. The minimum atomic E-state index is -0.526. The van der Waals surface area contributed by atoms with Crippen molar-refractivity contribution in [3.05, 3.63) is 120 Å². The molecule has 5 heteroatoms. The van der Waals surface area contributed by atoms with Crippen LogP contribution in [0.2, 0.25) is 0 Å². The first kappa shape index (κ1) is 22.3. The standard InChI is InChI=1S/C30H25FN4/c1-20-11-3-5-13-22(20)24-15-7-9-17-27(24)33-29-26(31)19-32-30(35-29)34-28-18-10-8-16-25(28)23-14-6-4-12-21(23)2/h3-19H,1-2H3,(H2,32,33,34,35). The summed E-state index contributed by atoms with van der Waals surface area (Å²) in [5.74, 6) is -0.109. The fourth-order valence-electron chi connectivity index (χ4n) is 4.17. The number of hydrogen-bond donors (Lipinski definition) is 2. The number of halogens is 1. The van der Waals surface area contributed by atoms with E-state index < -0.39 is 5.82 Å². The monoisotopic (exact) mass is 460 g/mol. The first-order valence-electron chi connectivity index (χ1n) is 11.5. The molecule has 5 rings (SSSR count). The number of anilines is 4. The topological polar surface area (TPSA) is 49.8 Å². The molecule has 0 saturated heterocycles. The molecule has 0 unspecified atom stereocenters. The summed E-state index contributed by atoms with van der Waals surface area (Å²) in [5.41, 5.74) is 8.11. The fourth-order valence-corrected chi connectivity index (χ4v) is 4.17. The maximum atomic E-state index is 14.8. The highest BCUT2D eigenvalue weighted by Gasteiger charge is 2.13. The van der Waals surface area contributed by atoms with Gasteiger partial charge in [-0.25, -0.2) is 9.37 Å². The van der Waals surface area contributed by atoms with Gasteiger partial charge in [-0.3, -0.25) is 0 Å². The third-order valence-electron chi connectivity index (χ3n) is 5.97. The van der Waals surface area contributed by atoms with Crippen molar-refractivity contribution in [1.82, 2.24) is 9.97 Å². The molecule has 5 aromatic rings. The summed E-state index contributed by atoms with van der Waals surface area (Å²) in [4.78, 5) is 8.66. The van der Waals surface area contributed by atoms with Crippen LogP contribution in [0.4, 0.5) is 27.5 Å². The average Bonchev–Trinajstić information content (AvgIpc) is 2.88. The van der Waals surface area contributed by atoms with Gasteiger partial charge < -0.3 is 10.6 Å². The number of rotatable bonds is 6. The van der Waals surface area contributed by atoms with Crippen molar-refractivity contribution < 1.29 is 4.39 Å². The van der Waals surface area contributed by atoms with Gasteiger partial charge in [-0.15, -0.1) is 0 Å². The molecule has 0 aliphatic heterocycles. The first-order valence-corrected chi connectivity index (χ1v) is 11.5. The van der Waals surface area contributed by atoms with Crippen LogP contribution in [0.25, 0.3) is 22.3 Å². The summed E-state index contributed by atoms with van der Waals surface area (Å²) in [5, 5.41) is 6.46. The van der Waals surface area contributed by atoms with Crippen LogP contribution in [0.5, 0.6) is 0 Å². The van der Waals surface area contributed by atoms with E-state index in [1.807, 2.05) is 72.8 Å². The number of aryl methyl sites for hydroxylation is 2. The zero-order chi connectivity index (χ0) is 24.2. The van der Waals surface area contributed by atoms with Crippen molar-refractivity contribution >= 4 is 23.1 Å². The molecule has 0 radical (unpaired) electrons. The van der Waals surface area contributed by atoms with Gasteiger partial charge in [0.25, 0.3) is 0 Å². The van der Waals surface area contributed by atoms with Crippen LogP contribution in [0.15, 0.2) is 103 Å². The first-order chi connectivity index (χ1) is 17.1. The van der Waals surface area contributed by atoms with E-state index in [9.17, 15) is 4.39 Å². The lowest BCUT2D eigenvalue weighted by atomic mass is 9.99. The molecule has 0 amide bonds. The Morgan fingerprint density at radius 3 is 1.57 bits per heavy atom. The van der Waals surface area contributed by atoms with E-state index in [-0.39, 0.29) is 5.82 Å². The van der Waals surface area contributed by atoms with Crippen LogP contribution in [-0.4, -0.2) is 9.97 Å². The second-order valence-corrected chi connectivity index (χ2v) is 8.36. The van der Waals surface area contributed by atoms with Crippen LogP contribution in [-0.2, 0) is 0 Å². The summed E-state index contributed by atoms with van der Waals surface area (Å²) in [6.07, 6.45) is 1.18. The maximum absolute atomic E-state index is 14.8. The van der Waals surface area contributed by atoms with Crippen molar-refractivity contribution in [2.24, 2.45) is 0 Å². The zero-order valence-electron chi connectivity index (χ0n) is 19.6. The van der Waals surface area contributed by atoms with Crippen molar-refractivity contribution in [2.75, 3.05) is 10.6 Å². The lowest BCUT2D eigenvalue weighted by Crippen LogP contribution is -2.05. The highest BCUT2D eigenvalue weighted by molar-refractivity contribution is 5.83. The van der Waals surface area contributed by atoms with E-state index in [2.05, 4.69) is 58.7 Å². The third kappa shape index (κ3) is 4.75. The highest BCUT2D eigenvalue weighted by atomic mass is 19.1. The lowest BCUT2D eigenvalue weighted by Gasteiger charge is -2.16. The molecule has 0 fully saturated rings. The van der Waals surface area contributed by atoms with E-state index in [1.165, 1.54) is 6.20 Å². The van der Waals surface area contributed by atoms with Gasteiger partial charge in [0, 0.05) is 22.5 Å². The number of benzene rings is 4. The smallest absolute Gasteiger partial charge is 0.229 e. The maximum Gasteiger partial charge on any atom is 0.229 e. The summed E-state index contributed by atoms with van der Waals surface area (Å²) in [6, 6.07) is 32.1. The van der Waals surface area contributed by atoms with Gasteiger partial charge in [-0.1, -0.05) is 84.9 Å². The number of aromatic nitrogens is 2. The number of nitrogens with zero attached hydrogens (tertiary/aromatic N) is 2. The normalized spacial score (nSPS) is 10.7. The minimum absolute atomic E-state index is 0.108. The van der Waals surface area contributed by atoms with E-state index in [4.69, 9.17) is 0 Å². The Balaban J connectivity index is 1.48. The molecule has 0 aliphatic carbocycles. The summed E-state index contributed by atoms with van der Waals surface area (Å²) in [6.45, 7) is 4.14. The number of nitrogens with one attached hydrogen (secondary N) is 2. The Morgan fingerprint density at radius 2 is 1.03 bits per heavy atom. The predicted molar refractivity (Wildman–Crippen MR) is 142 cm³/mol. The molecule has 0 bridgehead atoms. The molecule has 0 spiro atoms. The minimum Gasteiger partial charge on any atom is -0.337 e.